The van der Waals surface area contributed by atoms with Crippen LogP contribution in [0.3, 0.4) is 0 Å². The normalized spacial score (nSPS) is 13.3. The molecule has 24 N–H and O–H groups in total. The molecule has 0 aromatic carbocycles. The monoisotopic (exact) mass is 771 g/mol. The first-order chi connectivity index (χ1) is 25.3. The molecule has 0 rings (SSSR count). The molecule has 0 bridgehead atoms. The quantitative estimate of drug-likeness (QED) is 0.0200. The number of nitrogens with zero attached hydrogens (tertiary/aromatic N) is 4. The summed E-state index contributed by atoms with van der Waals surface area (Å²) in [5, 5.41) is 28.8. The third kappa shape index (κ3) is 23.4. The maximum Gasteiger partial charge on any atom is 0.326 e. The molecule has 0 aromatic rings. The van der Waals surface area contributed by atoms with Crippen molar-refractivity contribution >= 4 is 59.4 Å². The lowest BCUT2D eigenvalue weighted by molar-refractivity contribution is -0.143. The lowest BCUT2D eigenvalue weighted by atomic mass is 10.0. The molecule has 0 aliphatic carbocycles. The Bertz CT molecular complexity index is 1360. The van der Waals surface area contributed by atoms with Gasteiger partial charge in [0.05, 0.1) is 6.04 Å². The van der Waals surface area contributed by atoms with Crippen molar-refractivity contribution in [3.05, 3.63) is 0 Å². The van der Waals surface area contributed by atoms with Gasteiger partial charge in [0, 0.05) is 32.6 Å². The van der Waals surface area contributed by atoms with E-state index in [9.17, 15) is 39.0 Å². The molecule has 4 amide bonds. The number of carboxylic acid groups (broad SMARTS) is 2. The number of nitrogens with one attached hydrogen (secondary N) is 4. The first-order valence-corrected chi connectivity index (χ1v) is 17.0. The van der Waals surface area contributed by atoms with E-state index in [1.807, 2.05) is 0 Å². The number of aliphatic carboxylic acids is 2. The van der Waals surface area contributed by atoms with Gasteiger partial charge in [-0.25, -0.2) is 4.79 Å². The van der Waals surface area contributed by atoms with Gasteiger partial charge in [0.1, 0.15) is 24.2 Å². The number of hydrogen-bond donors (Lipinski definition) is 15. The Balaban J connectivity index is 6.23. The summed E-state index contributed by atoms with van der Waals surface area (Å²) < 4.78 is 0. The van der Waals surface area contributed by atoms with Gasteiger partial charge in [-0.2, -0.15) is 0 Å². The van der Waals surface area contributed by atoms with Crippen LogP contribution in [0.1, 0.15) is 64.2 Å². The van der Waals surface area contributed by atoms with Crippen molar-refractivity contribution in [2.24, 2.45) is 71.6 Å². The number of rotatable bonds is 28. The molecule has 0 aliphatic rings. The van der Waals surface area contributed by atoms with Crippen molar-refractivity contribution in [3.8, 4) is 0 Å². The predicted octanol–water partition coefficient (Wildman–Crippen LogP) is -6.58. The first kappa shape index (κ1) is 47.9. The van der Waals surface area contributed by atoms with Gasteiger partial charge < -0.3 is 83.1 Å². The van der Waals surface area contributed by atoms with Crippen LogP contribution in [-0.2, 0) is 28.8 Å². The van der Waals surface area contributed by atoms with Crippen LogP contribution in [0.5, 0.6) is 0 Å². The summed E-state index contributed by atoms with van der Waals surface area (Å²) in [6.07, 6.45) is -0.177. The second-order valence-electron chi connectivity index (χ2n) is 11.9. The molecule has 306 valence electrons. The Morgan fingerprint density at radius 3 is 1.07 bits per heavy atom. The number of nitrogens with two attached hydrogens (primary N) is 9. The number of aliphatic imine (C=N–C) groups is 4. The maximum absolute atomic E-state index is 13.7. The fourth-order valence-electron chi connectivity index (χ4n) is 4.59. The van der Waals surface area contributed by atoms with Gasteiger partial charge in [0.15, 0.2) is 23.8 Å². The van der Waals surface area contributed by atoms with Crippen molar-refractivity contribution in [3.63, 3.8) is 0 Å². The van der Waals surface area contributed by atoms with Crippen molar-refractivity contribution < 1.29 is 39.0 Å². The van der Waals surface area contributed by atoms with Crippen LogP contribution in [0.25, 0.3) is 0 Å². The van der Waals surface area contributed by atoms with E-state index in [4.69, 9.17) is 51.6 Å². The fraction of sp³-hybridized carbons (Fsp3) is 0.655. The Kier molecular flexibility index (Phi) is 23.6. The molecule has 25 heteroatoms. The van der Waals surface area contributed by atoms with Crippen molar-refractivity contribution in [1.29, 1.82) is 0 Å². The van der Waals surface area contributed by atoms with E-state index in [-0.39, 0.29) is 95.0 Å². The van der Waals surface area contributed by atoms with E-state index in [0.29, 0.717) is 6.42 Å². The zero-order chi connectivity index (χ0) is 41.2. The third-order valence-electron chi connectivity index (χ3n) is 7.30. The number of carbonyl (C=O) groups is 6. The average molecular weight is 772 g/mol. The molecular weight excluding hydrogens is 714 g/mol. The van der Waals surface area contributed by atoms with Gasteiger partial charge in [-0.3, -0.25) is 43.9 Å². The smallest absolute Gasteiger partial charge is 0.326 e. The Morgan fingerprint density at radius 1 is 0.444 bits per heavy atom. The standard InChI is InChI=1S/C29H57N17O8/c30-15(5-1-11-39-26(31)32)21(49)43-16(6-2-12-40-27(33)34)22(50)44-17(7-3-13-41-28(35)36)23(51)45-18(9-10-20(47)48)24(52)46-19(25(53)54)8-4-14-42-29(37)38/h15-19H,1-14,30H2,(H,43,49)(H,44,50)(H,45,51)(H,46,52)(H,47,48)(H,53,54)(H4,31,32,39)(H4,33,34,40)(H4,35,36,41)(H4,37,38,42)/t15-,16-,17-,18-,19-/m0/s1. The summed E-state index contributed by atoms with van der Waals surface area (Å²) in [6.45, 7) is 0.424. The highest BCUT2D eigenvalue weighted by Gasteiger charge is 2.32. The molecule has 0 aromatic heterocycles. The zero-order valence-corrected chi connectivity index (χ0v) is 30.1. The summed E-state index contributed by atoms with van der Waals surface area (Å²) >= 11 is 0. The van der Waals surface area contributed by atoms with E-state index in [0.717, 1.165) is 0 Å². The van der Waals surface area contributed by atoms with Gasteiger partial charge in [-0.15, -0.1) is 0 Å². The van der Waals surface area contributed by atoms with Crippen LogP contribution in [-0.4, -0.2) is 126 Å². The van der Waals surface area contributed by atoms with E-state index in [1.165, 1.54) is 0 Å². The summed E-state index contributed by atoms with van der Waals surface area (Å²) in [6, 6.07) is -6.66. The third-order valence-corrected chi connectivity index (χ3v) is 7.30. The van der Waals surface area contributed by atoms with E-state index in [1.54, 1.807) is 0 Å². The Morgan fingerprint density at radius 2 is 0.741 bits per heavy atom. The first-order valence-electron chi connectivity index (χ1n) is 17.0. The van der Waals surface area contributed by atoms with Crippen LogP contribution in [0.4, 0.5) is 0 Å². The molecule has 25 nitrogen and oxygen atoms in total. The number of guanidine groups is 4. The molecule has 0 unspecified atom stereocenters. The molecule has 5 atom stereocenters. The van der Waals surface area contributed by atoms with Gasteiger partial charge in [-0.1, -0.05) is 0 Å². The summed E-state index contributed by atoms with van der Waals surface area (Å²) in [5.74, 6) is -6.89. The molecule has 0 fully saturated rings. The number of carboxylic acids is 2. The van der Waals surface area contributed by atoms with Gasteiger partial charge in [-0.05, 0) is 57.8 Å². The lowest BCUT2D eigenvalue weighted by Gasteiger charge is -2.26. The van der Waals surface area contributed by atoms with Crippen molar-refractivity contribution in [2.45, 2.75) is 94.4 Å². The molecule has 0 saturated heterocycles. The second kappa shape index (κ2) is 26.6. The van der Waals surface area contributed by atoms with Crippen LogP contribution >= 0.6 is 0 Å². The number of hydrogen-bond acceptors (Lipinski definition) is 11. The summed E-state index contributed by atoms with van der Waals surface area (Å²) in [5.41, 5.74) is 48.8. The lowest BCUT2D eigenvalue weighted by Crippen LogP contribution is -2.58. The van der Waals surface area contributed by atoms with Crippen molar-refractivity contribution in [2.75, 3.05) is 26.2 Å². The zero-order valence-electron chi connectivity index (χ0n) is 30.1. The molecule has 0 saturated carbocycles. The Labute approximate surface area is 311 Å². The summed E-state index contributed by atoms with van der Waals surface area (Å²) in [4.78, 5) is 92.1. The molecular formula is C29H57N17O8. The fourth-order valence-corrected chi connectivity index (χ4v) is 4.59. The minimum Gasteiger partial charge on any atom is -0.481 e. The number of amides is 4. The van der Waals surface area contributed by atoms with E-state index in [2.05, 4.69) is 41.2 Å². The van der Waals surface area contributed by atoms with Crippen LogP contribution < -0.4 is 72.9 Å². The average Bonchev–Trinajstić information content (AvgIpc) is 3.07. The Hall–Kier alpha value is -6.14. The topological polar surface area (TPSA) is 475 Å². The highest BCUT2D eigenvalue weighted by atomic mass is 16.4. The summed E-state index contributed by atoms with van der Waals surface area (Å²) in [7, 11) is 0. The van der Waals surface area contributed by atoms with Gasteiger partial charge >= 0.3 is 11.9 Å². The molecule has 54 heavy (non-hydrogen) atoms. The number of carbonyl (C=O) groups excluding carboxylic acids is 4. The van der Waals surface area contributed by atoms with Gasteiger partial charge in [0.25, 0.3) is 0 Å². The largest absolute Gasteiger partial charge is 0.481 e. The minimum atomic E-state index is -1.54. The van der Waals surface area contributed by atoms with E-state index < -0.39 is 78.6 Å². The van der Waals surface area contributed by atoms with Gasteiger partial charge in [0.2, 0.25) is 23.6 Å². The van der Waals surface area contributed by atoms with Crippen LogP contribution in [0, 0.1) is 0 Å². The highest BCUT2D eigenvalue weighted by molar-refractivity contribution is 5.95. The van der Waals surface area contributed by atoms with Crippen molar-refractivity contribution in [1.82, 2.24) is 21.3 Å². The second-order valence-corrected chi connectivity index (χ2v) is 11.9. The maximum atomic E-state index is 13.7. The molecule has 0 aliphatic heterocycles. The van der Waals surface area contributed by atoms with Crippen LogP contribution in [0.15, 0.2) is 20.0 Å². The molecule has 0 spiro atoms. The molecule has 0 heterocycles. The minimum absolute atomic E-state index is 0.000810. The van der Waals surface area contributed by atoms with Crippen LogP contribution in [0.2, 0.25) is 0 Å². The predicted molar refractivity (Wildman–Crippen MR) is 200 cm³/mol. The highest BCUT2D eigenvalue weighted by Crippen LogP contribution is 2.08. The SMILES string of the molecule is NC(N)=NCCC[C@H](NC(=O)[C@H](CCC(=O)O)NC(=O)[C@H](CCCN=C(N)N)NC(=O)[C@H](CCCN=C(N)N)NC(=O)[C@@H](N)CCCN=C(N)N)C(=O)O. The van der Waals surface area contributed by atoms with E-state index >= 15 is 0 Å². The molecule has 0 radical (unpaired) electrons.